The smallest absolute Gasteiger partial charge is 0.224 e. The molecule has 0 aliphatic carbocycles. The summed E-state index contributed by atoms with van der Waals surface area (Å²) in [5, 5.41) is 7.41. The Morgan fingerprint density at radius 1 is 1.60 bits per heavy atom. The van der Waals surface area contributed by atoms with Crippen LogP contribution in [0.1, 0.15) is 31.5 Å². The fourth-order valence-corrected chi connectivity index (χ4v) is 1.10. The van der Waals surface area contributed by atoms with Crippen LogP contribution < -0.4 is 10.5 Å². The molecule has 82 valence electrons. The third kappa shape index (κ3) is 2.94. The van der Waals surface area contributed by atoms with Gasteiger partial charge < -0.3 is 10.5 Å². The highest BCUT2D eigenvalue weighted by Gasteiger charge is 2.11. The second kappa shape index (κ2) is 4.77. The second-order valence-corrected chi connectivity index (χ2v) is 3.56. The minimum absolute atomic E-state index is 0.0131. The Bertz CT molecular complexity index is 363. The summed E-state index contributed by atoms with van der Waals surface area (Å²) in [5.74, 6) is 0.442. The van der Waals surface area contributed by atoms with Gasteiger partial charge in [-0.3, -0.25) is 5.41 Å². The molecule has 1 rings (SSSR count). The maximum absolute atomic E-state index is 7.41. The zero-order valence-electron chi connectivity index (χ0n) is 9.37. The normalized spacial score (nSPS) is 12.2. The van der Waals surface area contributed by atoms with Gasteiger partial charge in [0.05, 0.1) is 11.7 Å². The lowest BCUT2D eigenvalue weighted by Crippen LogP contribution is -2.18. The monoisotopic (exact) mass is 207 g/mol. The van der Waals surface area contributed by atoms with Gasteiger partial charge in [-0.15, -0.1) is 0 Å². The first-order valence-electron chi connectivity index (χ1n) is 5.03. The SMILES string of the molecule is CCC(C)Oc1nc(C)ccc1C(=N)N. The lowest BCUT2D eigenvalue weighted by Gasteiger charge is -2.14. The van der Waals surface area contributed by atoms with Gasteiger partial charge in [-0.2, -0.15) is 0 Å². The number of hydrogen-bond donors (Lipinski definition) is 2. The molecule has 0 spiro atoms. The molecule has 0 aliphatic rings. The van der Waals surface area contributed by atoms with Gasteiger partial charge in [0.15, 0.2) is 0 Å². The summed E-state index contributed by atoms with van der Waals surface area (Å²) in [6.07, 6.45) is 0.977. The molecule has 1 aromatic heterocycles. The average Bonchev–Trinajstić information content (AvgIpc) is 2.17. The number of rotatable bonds is 4. The molecular formula is C11H17N3O. The maximum atomic E-state index is 7.41. The van der Waals surface area contributed by atoms with Gasteiger partial charge in [-0.05, 0) is 32.4 Å². The Labute approximate surface area is 90.0 Å². The second-order valence-electron chi connectivity index (χ2n) is 3.56. The predicted molar refractivity (Wildman–Crippen MR) is 60.4 cm³/mol. The quantitative estimate of drug-likeness (QED) is 0.584. The Kier molecular flexibility index (Phi) is 3.66. The lowest BCUT2D eigenvalue weighted by molar-refractivity contribution is 0.208. The topological polar surface area (TPSA) is 72.0 Å². The number of aromatic nitrogens is 1. The number of nitrogens with zero attached hydrogens (tertiary/aromatic N) is 1. The van der Waals surface area contributed by atoms with Crippen LogP contribution in [-0.4, -0.2) is 16.9 Å². The van der Waals surface area contributed by atoms with Crippen LogP contribution >= 0.6 is 0 Å². The Morgan fingerprint density at radius 2 is 2.27 bits per heavy atom. The zero-order valence-corrected chi connectivity index (χ0v) is 9.37. The van der Waals surface area contributed by atoms with E-state index in [1.807, 2.05) is 26.8 Å². The van der Waals surface area contributed by atoms with E-state index in [-0.39, 0.29) is 11.9 Å². The zero-order chi connectivity index (χ0) is 11.4. The molecule has 0 saturated carbocycles. The highest BCUT2D eigenvalue weighted by molar-refractivity contribution is 5.97. The molecule has 0 radical (unpaired) electrons. The van der Waals surface area contributed by atoms with Crippen molar-refractivity contribution in [2.24, 2.45) is 5.73 Å². The summed E-state index contributed by atoms with van der Waals surface area (Å²) in [4.78, 5) is 4.24. The van der Waals surface area contributed by atoms with Crippen LogP contribution in [0.5, 0.6) is 5.88 Å². The van der Waals surface area contributed by atoms with Crippen molar-refractivity contribution < 1.29 is 4.74 Å². The van der Waals surface area contributed by atoms with Crippen LogP contribution in [0.2, 0.25) is 0 Å². The molecular weight excluding hydrogens is 190 g/mol. The van der Waals surface area contributed by atoms with Crippen LogP contribution in [0.4, 0.5) is 0 Å². The molecule has 15 heavy (non-hydrogen) atoms. The third-order valence-electron chi connectivity index (χ3n) is 2.18. The van der Waals surface area contributed by atoms with Crippen LogP contribution in [0, 0.1) is 12.3 Å². The average molecular weight is 207 g/mol. The van der Waals surface area contributed by atoms with Gasteiger partial charge >= 0.3 is 0 Å². The van der Waals surface area contributed by atoms with Gasteiger partial charge in [0.2, 0.25) is 5.88 Å². The Balaban J connectivity index is 3.02. The molecule has 0 aromatic carbocycles. The molecule has 0 aliphatic heterocycles. The fourth-order valence-electron chi connectivity index (χ4n) is 1.10. The number of pyridine rings is 1. The molecule has 4 nitrogen and oxygen atoms in total. The summed E-state index contributed by atoms with van der Waals surface area (Å²) in [6, 6.07) is 3.59. The summed E-state index contributed by atoms with van der Waals surface area (Å²) < 4.78 is 5.60. The van der Waals surface area contributed by atoms with E-state index in [0.717, 1.165) is 12.1 Å². The van der Waals surface area contributed by atoms with Crippen molar-refractivity contribution >= 4 is 5.84 Å². The number of nitrogens with two attached hydrogens (primary N) is 1. The van der Waals surface area contributed by atoms with Crippen molar-refractivity contribution in [2.45, 2.75) is 33.3 Å². The number of aryl methyl sites for hydroxylation is 1. The van der Waals surface area contributed by atoms with Crippen molar-refractivity contribution in [3.05, 3.63) is 23.4 Å². The largest absolute Gasteiger partial charge is 0.474 e. The van der Waals surface area contributed by atoms with E-state index in [1.165, 1.54) is 0 Å². The van der Waals surface area contributed by atoms with E-state index in [1.54, 1.807) is 6.07 Å². The third-order valence-corrected chi connectivity index (χ3v) is 2.18. The Hall–Kier alpha value is -1.58. The van der Waals surface area contributed by atoms with Gasteiger partial charge in [-0.1, -0.05) is 6.92 Å². The molecule has 0 saturated heterocycles. The van der Waals surface area contributed by atoms with Crippen LogP contribution in [0.25, 0.3) is 0 Å². The highest BCUT2D eigenvalue weighted by Crippen LogP contribution is 2.17. The minimum atomic E-state index is -0.0131. The summed E-state index contributed by atoms with van der Waals surface area (Å²) >= 11 is 0. The van der Waals surface area contributed by atoms with Crippen molar-refractivity contribution in [2.75, 3.05) is 0 Å². The van der Waals surface area contributed by atoms with Crippen molar-refractivity contribution in [3.63, 3.8) is 0 Å². The lowest BCUT2D eigenvalue weighted by atomic mass is 10.2. The number of nitrogen functional groups attached to an aromatic ring is 1. The van der Waals surface area contributed by atoms with E-state index in [9.17, 15) is 0 Å². The molecule has 0 fully saturated rings. The first kappa shape index (κ1) is 11.5. The minimum Gasteiger partial charge on any atom is -0.474 e. The van der Waals surface area contributed by atoms with Gasteiger partial charge in [0.1, 0.15) is 5.84 Å². The van der Waals surface area contributed by atoms with E-state index in [0.29, 0.717) is 11.4 Å². The van der Waals surface area contributed by atoms with Crippen molar-refractivity contribution in [1.29, 1.82) is 5.41 Å². The van der Waals surface area contributed by atoms with Gasteiger partial charge in [0, 0.05) is 5.69 Å². The molecule has 3 N–H and O–H groups in total. The van der Waals surface area contributed by atoms with E-state index >= 15 is 0 Å². The number of hydrogen-bond acceptors (Lipinski definition) is 3. The molecule has 0 amide bonds. The van der Waals surface area contributed by atoms with Gasteiger partial charge in [0.25, 0.3) is 0 Å². The molecule has 1 unspecified atom stereocenters. The maximum Gasteiger partial charge on any atom is 0.224 e. The predicted octanol–water partition coefficient (Wildman–Crippen LogP) is 1.85. The van der Waals surface area contributed by atoms with Crippen LogP contribution in [-0.2, 0) is 0 Å². The van der Waals surface area contributed by atoms with E-state index in [2.05, 4.69) is 4.98 Å². The number of ether oxygens (including phenoxy) is 1. The summed E-state index contributed by atoms with van der Waals surface area (Å²) in [7, 11) is 0. The molecule has 4 heteroatoms. The van der Waals surface area contributed by atoms with Crippen LogP contribution in [0.3, 0.4) is 0 Å². The fraction of sp³-hybridized carbons (Fsp3) is 0.455. The van der Waals surface area contributed by atoms with Gasteiger partial charge in [-0.25, -0.2) is 4.98 Å². The number of nitrogens with one attached hydrogen (secondary N) is 1. The first-order chi connectivity index (χ1) is 7.04. The molecule has 1 atom stereocenters. The molecule has 0 bridgehead atoms. The summed E-state index contributed by atoms with van der Waals surface area (Å²) in [5.41, 5.74) is 6.86. The van der Waals surface area contributed by atoms with Crippen molar-refractivity contribution in [1.82, 2.24) is 4.98 Å². The van der Waals surface area contributed by atoms with Crippen LogP contribution in [0.15, 0.2) is 12.1 Å². The standard InChI is InChI=1S/C11H17N3O/c1-4-8(3)15-11-9(10(12)13)6-5-7(2)14-11/h5-6,8H,4H2,1-3H3,(H3,12,13). The summed E-state index contributed by atoms with van der Waals surface area (Å²) in [6.45, 7) is 5.88. The van der Waals surface area contributed by atoms with E-state index < -0.39 is 0 Å². The van der Waals surface area contributed by atoms with E-state index in [4.69, 9.17) is 15.9 Å². The Morgan fingerprint density at radius 3 is 2.80 bits per heavy atom. The first-order valence-corrected chi connectivity index (χ1v) is 5.03. The molecule has 1 heterocycles. The molecule has 1 aromatic rings. The number of amidine groups is 1. The van der Waals surface area contributed by atoms with Crippen molar-refractivity contribution in [3.8, 4) is 5.88 Å². The highest BCUT2D eigenvalue weighted by atomic mass is 16.5.